The van der Waals surface area contributed by atoms with Gasteiger partial charge in [0.25, 0.3) is 0 Å². The molecule has 3 heterocycles. The molecule has 7 nitrogen and oxygen atoms in total. The number of nitrogens with zero attached hydrogens (tertiary/aromatic N) is 2. The van der Waals surface area contributed by atoms with Gasteiger partial charge >= 0.3 is 0 Å². The predicted octanol–water partition coefficient (Wildman–Crippen LogP) is 2.08. The van der Waals surface area contributed by atoms with Crippen molar-refractivity contribution in [2.75, 3.05) is 24.7 Å². The highest BCUT2D eigenvalue weighted by Gasteiger charge is 2.36. The first-order valence-corrected chi connectivity index (χ1v) is 9.02. The van der Waals surface area contributed by atoms with Crippen LogP contribution in [0.15, 0.2) is 42.7 Å². The molecule has 27 heavy (non-hydrogen) atoms. The van der Waals surface area contributed by atoms with Crippen molar-refractivity contribution in [2.24, 2.45) is 5.92 Å². The lowest BCUT2D eigenvalue weighted by atomic mass is 10.1. The number of carbonyl (C=O) groups is 2. The van der Waals surface area contributed by atoms with Gasteiger partial charge in [0.05, 0.1) is 12.0 Å². The molecule has 2 amide bonds. The van der Waals surface area contributed by atoms with E-state index in [-0.39, 0.29) is 30.2 Å². The van der Waals surface area contributed by atoms with Crippen molar-refractivity contribution in [1.29, 1.82) is 0 Å². The molecule has 0 unspecified atom stereocenters. The molecule has 0 spiro atoms. The van der Waals surface area contributed by atoms with Gasteiger partial charge in [0.1, 0.15) is 13.2 Å². The Labute approximate surface area is 157 Å². The first-order chi connectivity index (χ1) is 13.1. The minimum Gasteiger partial charge on any atom is -0.486 e. The Kier molecular flexibility index (Phi) is 4.66. The van der Waals surface area contributed by atoms with E-state index in [1.165, 1.54) is 0 Å². The van der Waals surface area contributed by atoms with E-state index >= 15 is 0 Å². The fraction of sp³-hybridized carbons (Fsp3) is 0.350. The molecule has 2 atom stereocenters. The second kappa shape index (κ2) is 7.26. The van der Waals surface area contributed by atoms with E-state index in [1.54, 1.807) is 29.4 Å². The lowest BCUT2D eigenvalue weighted by Gasteiger charge is -2.22. The van der Waals surface area contributed by atoms with Crippen LogP contribution in [0.2, 0.25) is 0 Å². The van der Waals surface area contributed by atoms with Gasteiger partial charge in [-0.05, 0) is 36.8 Å². The molecule has 0 aliphatic carbocycles. The predicted molar refractivity (Wildman–Crippen MR) is 98.7 cm³/mol. The van der Waals surface area contributed by atoms with E-state index in [1.807, 2.05) is 25.1 Å². The van der Waals surface area contributed by atoms with Gasteiger partial charge in [0.15, 0.2) is 11.5 Å². The highest BCUT2D eigenvalue weighted by atomic mass is 16.6. The number of hydrogen-bond acceptors (Lipinski definition) is 5. The normalized spacial score (nSPS) is 19.7. The molecule has 1 fully saturated rings. The van der Waals surface area contributed by atoms with E-state index in [0.717, 1.165) is 11.3 Å². The van der Waals surface area contributed by atoms with Gasteiger partial charge in [0.2, 0.25) is 11.8 Å². The average Bonchev–Trinajstić information content (AvgIpc) is 3.10. The lowest BCUT2D eigenvalue weighted by molar-refractivity contribution is -0.126. The summed E-state index contributed by atoms with van der Waals surface area (Å²) in [6, 6.07) is 9.02. The van der Waals surface area contributed by atoms with Crippen LogP contribution < -0.4 is 19.7 Å². The molecule has 2 aliphatic heterocycles. The van der Waals surface area contributed by atoms with Crippen molar-refractivity contribution in [3.05, 3.63) is 48.3 Å². The number of carbonyl (C=O) groups excluding carboxylic acids is 2. The average molecular weight is 367 g/mol. The molecule has 4 rings (SSSR count). The van der Waals surface area contributed by atoms with Crippen LogP contribution in [-0.2, 0) is 9.59 Å². The maximum absolute atomic E-state index is 12.6. The number of benzene rings is 1. The van der Waals surface area contributed by atoms with Crippen LogP contribution in [0.1, 0.15) is 24.9 Å². The highest BCUT2D eigenvalue weighted by molar-refractivity contribution is 6.00. The Hall–Kier alpha value is -3.09. The smallest absolute Gasteiger partial charge is 0.227 e. The molecular weight excluding hydrogens is 346 g/mol. The minimum atomic E-state index is -0.380. The van der Waals surface area contributed by atoms with Crippen molar-refractivity contribution in [1.82, 2.24) is 10.3 Å². The van der Waals surface area contributed by atoms with E-state index < -0.39 is 0 Å². The van der Waals surface area contributed by atoms with Gasteiger partial charge < -0.3 is 19.7 Å². The second-order valence-corrected chi connectivity index (χ2v) is 6.74. The molecule has 0 bridgehead atoms. The zero-order valence-corrected chi connectivity index (χ0v) is 15.1. The molecule has 1 saturated heterocycles. The minimum absolute atomic E-state index is 0.0663. The first-order valence-electron chi connectivity index (χ1n) is 9.02. The third kappa shape index (κ3) is 3.58. The lowest BCUT2D eigenvalue weighted by Crippen LogP contribution is -2.34. The van der Waals surface area contributed by atoms with Crippen molar-refractivity contribution in [3.63, 3.8) is 0 Å². The van der Waals surface area contributed by atoms with Gasteiger partial charge in [-0.2, -0.15) is 0 Å². The monoisotopic (exact) mass is 367 g/mol. The summed E-state index contributed by atoms with van der Waals surface area (Å²) in [6.07, 6.45) is 3.59. The van der Waals surface area contributed by atoms with Gasteiger partial charge in [0, 0.05) is 37.1 Å². The quantitative estimate of drug-likeness (QED) is 0.895. The summed E-state index contributed by atoms with van der Waals surface area (Å²) in [5, 5.41) is 2.99. The van der Waals surface area contributed by atoms with Crippen LogP contribution in [0, 0.1) is 5.92 Å². The number of aromatic nitrogens is 1. The van der Waals surface area contributed by atoms with Crippen LogP contribution in [0.3, 0.4) is 0 Å². The van der Waals surface area contributed by atoms with Crippen molar-refractivity contribution < 1.29 is 19.1 Å². The molecular formula is C20H21N3O4. The Bertz CT molecular complexity index is 856. The molecule has 0 saturated carbocycles. The topological polar surface area (TPSA) is 80.8 Å². The van der Waals surface area contributed by atoms with Crippen LogP contribution >= 0.6 is 0 Å². The van der Waals surface area contributed by atoms with Gasteiger partial charge in [-0.1, -0.05) is 0 Å². The molecule has 2 aromatic rings. The molecule has 2 aliphatic rings. The van der Waals surface area contributed by atoms with E-state index in [4.69, 9.17) is 9.47 Å². The summed E-state index contributed by atoms with van der Waals surface area (Å²) in [4.78, 5) is 30.7. The van der Waals surface area contributed by atoms with Crippen LogP contribution in [-0.4, -0.2) is 36.6 Å². The van der Waals surface area contributed by atoms with Crippen LogP contribution in [0.4, 0.5) is 5.69 Å². The van der Waals surface area contributed by atoms with Crippen molar-refractivity contribution in [3.8, 4) is 11.5 Å². The van der Waals surface area contributed by atoms with Gasteiger partial charge in [-0.15, -0.1) is 0 Å². The Morgan fingerprint density at radius 2 is 1.93 bits per heavy atom. The molecule has 0 radical (unpaired) electrons. The zero-order chi connectivity index (χ0) is 18.8. The summed E-state index contributed by atoms with van der Waals surface area (Å²) in [6.45, 7) is 3.28. The maximum Gasteiger partial charge on any atom is 0.227 e. The fourth-order valence-corrected chi connectivity index (χ4v) is 3.40. The van der Waals surface area contributed by atoms with Gasteiger partial charge in [-0.25, -0.2) is 0 Å². The highest BCUT2D eigenvalue weighted by Crippen LogP contribution is 2.36. The van der Waals surface area contributed by atoms with Crippen LogP contribution in [0.25, 0.3) is 0 Å². The summed E-state index contributed by atoms with van der Waals surface area (Å²) in [5.41, 5.74) is 1.70. The SMILES string of the molecule is C[C@H](NC(=O)[C@H]1CC(=O)N(c2ccc3c(c2)OCCO3)C1)c1ccncc1. The molecule has 7 heteroatoms. The fourth-order valence-electron chi connectivity index (χ4n) is 3.40. The van der Waals surface area contributed by atoms with E-state index in [9.17, 15) is 9.59 Å². The number of anilines is 1. The Morgan fingerprint density at radius 3 is 2.70 bits per heavy atom. The summed E-state index contributed by atoms with van der Waals surface area (Å²) >= 11 is 0. The number of amides is 2. The van der Waals surface area contributed by atoms with Crippen LogP contribution in [0.5, 0.6) is 11.5 Å². The van der Waals surface area contributed by atoms with Crippen molar-refractivity contribution >= 4 is 17.5 Å². The molecule has 140 valence electrons. The summed E-state index contributed by atoms with van der Waals surface area (Å²) < 4.78 is 11.1. The number of nitrogens with one attached hydrogen (secondary N) is 1. The summed E-state index contributed by atoms with van der Waals surface area (Å²) in [5.74, 6) is 0.744. The molecule has 1 N–H and O–H groups in total. The Morgan fingerprint density at radius 1 is 1.19 bits per heavy atom. The van der Waals surface area contributed by atoms with Gasteiger partial charge in [-0.3, -0.25) is 14.6 Å². The van der Waals surface area contributed by atoms with E-state index in [2.05, 4.69) is 10.3 Å². The third-order valence-electron chi connectivity index (χ3n) is 4.90. The second-order valence-electron chi connectivity index (χ2n) is 6.74. The first kappa shape index (κ1) is 17.3. The zero-order valence-electron chi connectivity index (χ0n) is 15.1. The summed E-state index contributed by atoms with van der Waals surface area (Å²) in [7, 11) is 0. The molecule has 1 aromatic carbocycles. The van der Waals surface area contributed by atoms with Crippen molar-refractivity contribution in [2.45, 2.75) is 19.4 Å². The third-order valence-corrected chi connectivity index (χ3v) is 4.90. The number of pyridine rings is 1. The Balaban J connectivity index is 1.43. The largest absolute Gasteiger partial charge is 0.486 e. The standard InChI is InChI=1S/C20H21N3O4/c1-13(14-4-6-21-7-5-14)22-20(25)15-10-19(24)23(12-15)16-2-3-17-18(11-16)27-9-8-26-17/h2-7,11,13,15H,8-10,12H2,1H3,(H,22,25)/t13-,15-/m0/s1. The number of hydrogen-bond donors (Lipinski definition) is 1. The van der Waals surface area contributed by atoms with E-state index in [0.29, 0.717) is 31.3 Å². The number of rotatable bonds is 4. The number of fused-ring (bicyclic) bond motifs is 1. The number of ether oxygens (including phenoxy) is 2. The maximum atomic E-state index is 12.6. The molecule has 1 aromatic heterocycles.